The van der Waals surface area contributed by atoms with Crippen LogP contribution in [0, 0.1) is 0 Å². The van der Waals surface area contributed by atoms with Gasteiger partial charge < -0.3 is 15.2 Å². The number of nitrogens with one attached hydrogen (secondary N) is 1. The number of ether oxygens (including phenoxy) is 1. The SMILES string of the molecule is COc1ccc(S(=O)(=O)N(CCCCCC(=O)O)[C@H]2CCS(=O)(=O)C2)cc1NC(C)=O. The van der Waals surface area contributed by atoms with Gasteiger partial charge in [0.15, 0.2) is 9.84 Å². The van der Waals surface area contributed by atoms with Crippen molar-refractivity contribution in [3.05, 3.63) is 18.2 Å². The van der Waals surface area contributed by atoms with E-state index in [2.05, 4.69) is 5.32 Å². The van der Waals surface area contributed by atoms with Crippen molar-refractivity contribution in [1.82, 2.24) is 4.31 Å². The third kappa shape index (κ3) is 6.91. The number of sulfone groups is 1. The van der Waals surface area contributed by atoms with Crippen LogP contribution in [0.15, 0.2) is 23.1 Å². The molecule has 0 unspecified atom stereocenters. The summed E-state index contributed by atoms with van der Waals surface area (Å²) in [5.74, 6) is -1.36. The van der Waals surface area contributed by atoms with Crippen LogP contribution in [0.25, 0.3) is 0 Å². The normalized spacial score (nSPS) is 18.1. The van der Waals surface area contributed by atoms with Crippen LogP contribution < -0.4 is 10.1 Å². The number of hydrogen-bond donors (Lipinski definition) is 2. The van der Waals surface area contributed by atoms with Gasteiger partial charge in [-0.25, -0.2) is 16.8 Å². The topological polar surface area (TPSA) is 147 Å². The Morgan fingerprint density at radius 3 is 2.52 bits per heavy atom. The van der Waals surface area contributed by atoms with Gasteiger partial charge in [-0.05, 0) is 37.5 Å². The number of anilines is 1. The average Bonchev–Trinajstić information content (AvgIpc) is 3.02. The molecule has 1 amide bonds. The number of unbranched alkanes of at least 4 members (excludes halogenated alkanes) is 2. The summed E-state index contributed by atoms with van der Waals surface area (Å²) in [4.78, 5) is 22.1. The van der Waals surface area contributed by atoms with E-state index in [1.54, 1.807) is 0 Å². The zero-order valence-electron chi connectivity index (χ0n) is 17.5. The van der Waals surface area contributed by atoms with E-state index in [1.165, 1.54) is 36.5 Å². The number of methoxy groups -OCH3 is 1. The first kappa shape index (κ1) is 25.1. The molecule has 0 bridgehead atoms. The van der Waals surface area contributed by atoms with E-state index in [4.69, 9.17) is 9.84 Å². The summed E-state index contributed by atoms with van der Waals surface area (Å²) in [6.07, 6.45) is 1.49. The minimum Gasteiger partial charge on any atom is -0.495 e. The Morgan fingerprint density at radius 2 is 1.97 bits per heavy atom. The molecule has 2 N–H and O–H groups in total. The molecule has 0 aromatic heterocycles. The lowest BCUT2D eigenvalue weighted by Crippen LogP contribution is -2.41. The van der Waals surface area contributed by atoms with Crippen molar-refractivity contribution in [3.63, 3.8) is 0 Å². The van der Waals surface area contributed by atoms with Crippen molar-refractivity contribution < 1.29 is 36.3 Å². The van der Waals surface area contributed by atoms with E-state index >= 15 is 0 Å². The van der Waals surface area contributed by atoms with Crippen LogP contribution in [-0.4, -0.2) is 69.3 Å². The second kappa shape index (κ2) is 10.4. The Labute approximate surface area is 182 Å². The Bertz CT molecular complexity index is 1020. The first-order chi connectivity index (χ1) is 14.5. The maximum atomic E-state index is 13.4. The van der Waals surface area contributed by atoms with Crippen molar-refractivity contribution in [2.24, 2.45) is 0 Å². The smallest absolute Gasteiger partial charge is 0.303 e. The minimum atomic E-state index is -4.08. The van der Waals surface area contributed by atoms with Gasteiger partial charge in [0.25, 0.3) is 0 Å². The van der Waals surface area contributed by atoms with E-state index in [0.717, 1.165) is 0 Å². The van der Waals surface area contributed by atoms with Gasteiger partial charge in [-0.15, -0.1) is 0 Å². The highest BCUT2D eigenvalue weighted by Crippen LogP contribution is 2.31. The Morgan fingerprint density at radius 1 is 1.26 bits per heavy atom. The second-order valence-electron chi connectivity index (χ2n) is 7.42. The molecule has 2 rings (SSSR count). The molecule has 1 fully saturated rings. The summed E-state index contributed by atoms with van der Waals surface area (Å²) in [6.45, 7) is 1.36. The average molecular weight is 477 g/mol. The number of carboxylic acids is 1. The van der Waals surface area contributed by atoms with Gasteiger partial charge in [0, 0.05) is 25.9 Å². The first-order valence-electron chi connectivity index (χ1n) is 9.86. The quantitative estimate of drug-likeness (QED) is 0.456. The molecule has 0 radical (unpaired) electrons. The molecule has 12 heteroatoms. The number of hydrogen-bond acceptors (Lipinski definition) is 7. The third-order valence-electron chi connectivity index (χ3n) is 4.97. The molecule has 31 heavy (non-hydrogen) atoms. The van der Waals surface area contributed by atoms with Crippen LogP contribution in [0.5, 0.6) is 5.75 Å². The van der Waals surface area contributed by atoms with E-state index < -0.39 is 37.8 Å². The number of nitrogens with zero attached hydrogens (tertiary/aromatic N) is 1. The van der Waals surface area contributed by atoms with Crippen molar-refractivity contribution in [2.45, 2.75) is 50.0 Å². The number of amides is 1. The molecule has 0 spiro atoms. The predicted molar refractivity (Wildman–Crippen MR) is 114 cm³/mol. The molecule has 1 aromatic carbocycles. The highest BCUT2D eigenvalue weighted by molar-refractivity contribution is 7.92. The Hall–Kier alpha value is -2.18. The molecular weight excluding hydrogens is 448 g/mol. The van der Waals surface area contributed by atoms with Crippen LogP contribution in [0.3, 0.4) is 0 Å². The molecule has 0 aliphatic carbocycles. The van der Waals surface area contributed by atoms with E-state index in [1.807, 2.05) is 0 Å². The van der Waals surface area contributed by atoms with E-state index in [0.29, 0.717) is 19.3 Å². The van der Waals surface area contributed by atoms with Gasteiger partial charge in [-0.2, -0.15) is 4.31 Å². The fourth-order valence-corrected chi connectivity index (χ4v) is 7.04. The number of aliphatic carboxylic acids is 1. The number of carboxylic acid groups (broad SMARTS) is 1. The van der Waals surface area contributed by atoms with Gasteiger partial charge in [0.1, 0.15) is 5.75 Å². The summed E-state index contributed by atoms with van der Waals surface area (Å²) >= 11 is 0. The third-order valence-corrected chi connectivity index (χ3v) is 8.67. The predicted octanol–water partition coefficient (Wildman–Crippen LogP) is 1.48. The molecule has 1 aliphatic heterocycles. The molecule has 1 aliphatic rings. The van der Waals surface area contributed by atoms with Crippen LogP contribution in [0.2, 0.25) is 0 Å². The highest BCUT2D eigenvalue weighted by Gasteiger charge is 2.38. The van der Waals surface area contributed by atoms with Gasteiger partial charge >= 0.3 is 5.97 Å². The van der Waals surface area contributed by atoms with Crippen LogP contribution >= 0.6 is 0 Å². The van der Waals surface area contributed by atoms with Gasteiger partial charge in [0.2, 0.25) is 15.9 Å². The fraction of sp³-hybridized carbons (Fsp3) is 0.579. The number of carbonyl (C=O) groups is 2. The van der Waals surface area contributed by atoms with Crippen LogP contribution in [0.4, 0.5) is 5.69 Å². The molecule has 10 nitrogen and oxygen atoms in total. The van der Waals surface area contributed by atoms with Crippen LogP contribution in [0.1, 0.15) is 39.0 Å². The zero-order chi connectivity index (χ0) is 23.2. The molecule has 1 heterocycles. The van der Waals surface area contributed by atoms with Gasteiger partial charge in [-0.1, -0.05) is 6.42 Å². The van der Waals surface area contributed by atoms with Crippen molar-refractivity contribution in [2.75, 3.05) is 30.5 Å². The molecule has 1 aromatic rings. The van der Waals surface area contributed by atoms with Crippen molar-refractivity contribution >= 4 is 37.4 Å². The molecule has 174 valence electrons. The number of rotatable bonds is 11. The standard InChI is InChI=1S/C19H28N2O8S2/c1-14(22)20-17-12-16(7-8-18(17)29-2)31(27,28)21(10-5-3-4-6-19(23)24)15-9-11-30(25,26)13-15/h7-8,12,15H,3-6,9-11,13H2,1-2H3,(H,20,22)(H,23,24)/t15-/m0/s1. The Balaban J connectivity index is 2.32. The summed E-state index contributed by atoms with van der Waals surface area (Å²) in [5, 5.41) is 11.3. The Kier molecular flexibility index (Phi) is 8.43. The first-order valence-corrected chi connectivity index (χ1v) is 13.1. The molecule has 0 saturated carbocycles. The summed E-state index contributed by atoms with van der Waals surface area (Å²) < 4.78 is 57.1. The minimum absolute atomic E-state index is 0.0108. The molecular formula is C19H28N2O8S2. The lowest BCUT2D eigenvalue weighted by atomic mass is 10.2. The number of carbonyl (C=O) groups excluding carboxylic acids is 1. The maximum absolute atomic E-state index is 13.4. The number of sulfonamides is 1. The lowest BCUT2D eigenvalue weighted by molar-refractivity contribution is -0.137. The van der Waals surface area contributed by atoms with Crippen LogP contribution in [-0.2, 0) is 29.4 Å². The lowest BCUT2D eigenvalue weighted by Gasteiger charge is -2.27. The monoisotopic (exact) mass is 476 g/mol. The van der Waals surface area contributed by atoms with E-state index in [-0.39, 0.29) is 47.2 Å². The fourth-order valence-electron chi connectivity index (χ4n) is 3.49. The van der Waals surface area contributed by atoms with Gasteiger partial charge in [-0.3, -0.25) is 9.59 Å². The second-order valence-corrected chi connectivity index (χ2v) is 11.5. The summed E-state index contributed by atoms with van der Waals surface area (Å²) in [5.41, 5.74) is 0.191. The van der Waals surface area contributed by atoms with E-state index in [9.17, 15) is 26.4 Å². The summed E-state index contributed by atoms with van der Waals surface area (Å²) in [6, 6.07) is 3.37. The van der Waals surface area contributed by atoms with Crippen molar-refractivity contribution in [3.8, 4) is 5.75 Å². The highest BCUT2D eigenvalue weighted by atomic mass is 32.2. The summed E-state index contributed by atoms with van der Waals surface area (Å²) in [7, 11) is -6.01. The number of benzene rings is 1. The zero-order valence-corrected chi connectivity index (χ0v) is 19.2. The molecule has 1 saturated heterocycles. The largest absolute Gasteiger partial charge is 0.495 e. The van der Waals surface area contributed by atoms with Crippen molar-refractivity contribution in [1.29, 1.82) is 0 Å². The molecule has 1 atom stereocenters. The van der Waals surface area contributed by atoms with Gasteiger partial charge in [0.05, 0.1) is 29.2 Å². The maximum Gasteiger partial charge on any atom is 0.303 e.